The first kappa shape index (κ1) is 13.7. The van der Waals surface area contributed by atoms with Crippen molar-refractivity contribution in [2.24, 2.45) is 0 Å². The monoisotopic (exact) mass is 270 g/mol. The summed E-state index contributed by atoms with van der Waals surface area (Å²) >= 11 is 0. The maximum atomic E-state index is 12.4. The molecule has 1 N–H and O–H groups in total. The van der Waals surface area contributed by atoms with E-state index in [4.69, 9.17) is 5.11 Å². The van der Waals surface area contributed by atoms with Gasteiger partial charge < -0.3 is 10.0 Å². The van der Waals surface area contributed by atoms with Gasteiger partial charge in [0.2, 0.25) is 0 Å². The Kier molecular flexibility index (Phi) is 3.79. The fourth-order valence-electron chi connectivity index (χ4n) is 1.92. The van der Waals surface area contributed by atoms with Gasteiger partial charge in [0.05, 0.1) is 16.8 Å². The molecule has 5 heteroatoms. The van der Waals surface area contributed by atoms with Gasteiger partial charge in [0.1, 0.15) is 0 Å². The van der Waals surface area contributed by atoms with Crippen molar-refractivity contribution >= 4 is 17.6 Å². The lowest BCUT2D eigenvalue weighted by Crippen LogP contribution is -2.28. The molecule has 5 nitrogen and oxygen atoms in total. The first-order valence-corrected chi connectivity index (χ1v) is 6.02. The number of aromatic nitrogens is 1. The van der Waals surface area contributed by atoms with E-state index in [1.165, 1.54) is 17.2 Å². The third-order valence-electron chi connectivity index (χ3n) is 2.92. The number of hydrogen-bond donors (Lipinski definition) is 1. The van der Waals surface area contributed by atoms with Crippen molar-refractivity contribution in [1.29, 1.82) is 0 Å². The van der Waals surface area contributed by atoms with Crippen LogP contribution >= 0.6 is 0 Å². The smallest absolute Gasteiger partial charge is 0.337 e. The minimum absolute atomic E-state index is 0.0870. The van der Waals surface area contributed by atoms with Gasteiger partial charge in [-0.15, -0.1) is 0 Å². The van der Waals surface area contributed by atoms with Crippen molar-refractivity contribution in [3.63, 3.8) is 0 Å². The van der Waals surface area contributed by atoms with E-state index in [0.717, 1.165) is 5.56 Å². The van der Waals surface area contributed by atoms with E-state index in [9.17, 15) is 9.59 Å². The van der Waals surface area contributed by atoms with Crippen molar-refractivity contribution in [3.05, 3.63) is 59.4 Å². The zero-order valence-electron chi connectivity index (χ0n) is 11.2. The van der Waals surface area contributed by atoms with Gasteiger partial charge in [-0.25, -0.2) is 4.79 Å². The van der Waals surface area contributed by atoms with Crippen LogP contribution in [0.5, 0.6) is 0 Å². The lowest BCUT2D eigenvalue weighted by molar-refractivity contribution is 0.0697. The minimum Gasteiger partial charge on any atom is -0.478 e. The van der Waals surface area contributed by atoms with Crippen LogP contribution in [0.15, 0.2) is 42.7 Å². The molecule has 1 aromatic carbocycles. The Morgan fingerprint density at radius 3 is 2.55 bits per heavy atom. The number of para-hydroxylation sites is 1. The molecule has 0 radical (unpaired) electrons. The molecule has 1 heterocycles. The maximum Gasteiger partial charge on any atom is 0.337 e. The minimum atomic E-state index is -1.07. The number of anilines is 1. The predicted octanol–water partition coefficient (Wildman–Crippen LogP) is 2.36. The maximum absolute atomic E-state index is 12.4. The van der Waals surface area contributed by atoms with Gasteiger partial charge in [0.25, 0.3) is 5.91 Å². The number of carboxylic acid groups (broad SMARTS) is 1. The van der Waals surface area contributed by atoms with Crippen LogP contribution in [-0.4, -0.2) is 29.0 Å². The highest BCUT2D eigenvalue weighted by Gasteiger charge is 2.19. The topological polar surface area (TPSA) is 70.5 Å². The summed E-state index contributed by atoms with van der Waals surface area (Å²) in [5.74, 6) is -1.36. The summed E-state index contributed by atoms with van der Waals surface area (Å²) in [5, 5.41) is 9.16. The van der Waals surface area contributed by atoms with E-state index in [1.54, 1.807) is 37.5 Å². The number of aromatic carboxylic acids is 1. The summed E-state index contributed by atoms with van der Waals surface area (Å²) in [6.45, 7) is 1.84. The molecule has 0 spiro atoms. The van der Waals surface area contributed by atoms with Gasteiger partial charge in [-0.3, -0.25) is 9.78 Å². The molecule has 0 bridgehead atoms. The number of carbonyl (C=O) groups is 2. The average molecular weight is 270 g/mol. The van der Waals surface area contributed by atoms with E-state index >= 15 is 0 Å². The molecule has 0 aliphatic heterocycles. The van der Waals surface area contributed by atoms with Crippen LogP contribution in [0.4, 0.5) is 5.69 Å². The van der Waals surface area contributed by atoms with Gasteiger partial charge in [0, 0.05) is 19.4 Å². The molecule has 102 valence electrons. The Balaban J connectivity index is 2.39. The number of carboxylic acids is 1. The lowest BCUT2D eigenvalue weighted by Gasteiger charge is -2.19. The van der Waals surface area contributed by atoms with Crippen molar-refractivity contribution in [2.75, 3.05) is 11.9 Å². The summed E-state index contributed by atoms with van der Waals surface area (Å²) in [5.41, 5.74) is 1.74. The standard InChI is InChI=1S/C15H14N2O3/c1-10-7-11(9-16-8-10)14(18)17(2)13-6-4-3-5-12(13)15(19)20/h3-9H,1-2H3,(H,19,20). The van der Waals surface area contributed by atoms with E-state index in [-0.39, 0.29) is 11.5 Å². The molecule has 0 saturated heterocycles. The van der Waals surface area contributed by atoms with Crippen molar-refractivity contribution < 1.29 is 14.7 Å². The molecule has 1 aromatic heterocycles. The van der Waals surface area contributed by atoms with Crippen molar-refractivity contribution in [3.8, 4) is 0 Å². The molecule has 2 aromatic rings. The number of hydrogen-bond acceptors (Lipinski definition) is 3. The van der Waals surface area contributed by atoms with Gasteiger partial charge >= 0.3 is 5.97 Å². The quantitative estimate of drug-likeness (QED) is 0.929. The molecule has 0 atom stereocenters. The second-order valence-corrected chi connectivity index (χ2v) is 4.44. The van der Waals surface area contributed by atoms with Crippen LogP contribution in [0.2, 0.25) is 0 Å². The number of carbonyl (C=O) groups excluding carboxylic acids is 1. The molecule has 2 rings (SSSR count). The Morgan fingerprint density at radius 2 is 1.90 bits per heavy atom. The van der Waals surface area contributed by atoms with Gasteiger partial charge in [-0.1, -0.05) is 12.1 Å². The van der Waals surface area contributed by atoms with E-state index in [0.29, 0.717) is 11.3 Å². The first-order valence-electron chi connectivity index (χ1n) is 6.02. The third kappa shape index (κ3) is 2.66. The summed E-state index contributed by atoms with van der Waals surface area (Å²) in [7, 11) is 1.55. The summed E-state index contributed by atoms with van der Waals surface area (Å²) in [6, 6.07) is 8.11. The number of benzene rings is 1. The molecular formula is C15H14N2O3. The molecule has 0 aliphatic carbocycles. The van der Waals surface area contributed by atoms with E-state index < -0.39 is 5.97 Å². The van der Waals surface area contributed by atoms with E-state index in [2.05, 4.69) is 4.98 Å². The number of amides is 1. The van der Waals surface area contributed by atoms with Gasteiger partial charge in [-0.2, -0.15) is 0 Å². The predicted molar refractivity (Wildman–Crippen MR) is 75.1 cm³/mol. The zero-order chi connectivity index (χ0) is 14.7. The van der Waals surface area contributed by atoms with Crippen LogP contribution < -0.4 is 4.90 Å². The largest absolute Gasteiger partial charge is 0.478 e. The molecule has 20 heavy (non-hydrogen) atoms. The second kappa shape index (κ2) is 5.52. The highest BCUT2D eigenvalue weighted by molar-refractivity contribution is 6.08. The number of pyridine rings is 1. The van der Waals surface area contributed by atoms with Crippen molar-refractivity contribution in [2.45, 2.75) is 6.92 Å². The number of aryl methyl sites for hydroxylation is 1. The Labute approximate surface area is 116 Å². The molecule has 0 fully saturated rings. The Hall–Kier alpha value is -2.69. The molecular weight excluding hydrogens is 256 g/mol. The van der Waals surface area contributed by atoms with Crippen LogP contribution in [0.25, 0.3) is 0 Å². The Morgan fingerprint density at radius 1 is 1.20 bits per heavy atom. The summed E-state index contributed by atoms with van der Waals surface area (Å²) < 4.78 is 0. The highest BCUT2D eigenvalue weighted by atomic mass is 16.4. The first-order chi connectivity index (χ1) is 9.50. The fraction of sp³-hybridized carbons (Fsp3) is 0.133. The average Bonchev–Trinajstić information content (AvgIpc) is 2.45. The third-order valence-corrected chi connectivity index (χ3v) is 2.92. The SMILES string of the molecule is Cc1cncc(C(=O)N(C)c2ccccc2C(=O)O)c1. The van der Waals surface area contributed by atoms with Gasteiger partial charge in [0.15, 0.2) is 0 Å². The van der Waals surface area contributed by atoms with Crippen LogP contribution in [0.1, 0.15) is 26.3 Å². The molecule has 1 amide bonds. The Bertz CT molecular complexity index is 668. The van der Waals surface area contributed by atoms with Crippen LogP contribution in [-0.2, 0) is 0 Å². The van der Waals surface area contributed by atoms with E-state index in [1.807, 2.05) is 6.92 Å². The number of rotatable bonds is 3. The van der Waals surface area contributed by atoms with Crippen LogP contribution in [0.3, 0.4) is 0 Å². The van der Waals surface area contributed by atoms with Crippen LogP contribution in [0, 0.1) is 6.92 Å². The highest BCUT2D eigenvalue weighted by Crippen LogP contribution is 2.21. The molecule has 0 unspecified atom stereocenters. The van der Waals surface area contributed by atoms with Gasteiger partial charge in [-0.05, 0) is 30.7 Å². The fourth-order valence-corrected chi connectivity index (χ4v) is 1.92. The summed E-state index contributed by atoms with van der Waals surface area (Å²) in [4.78, 5) is 28.8. The van der Waals surface area contributed by atoms with Crippen molar-refractivity contribution in [1.82, 2.24) is 4.98 Å². The zero-order valence-corrected chi connectivity index (χ0v) is 11.2. The lowest BCUT2D eigenvalue weighted by atomic mass is 10.1. The number of nitrogens with zero attached hydrogens (tertiary/aromatic N) is 2. The molecule has 0 saturated carbocycles. The molecule has 0 aliphatic rings. The second-order valence-electron chi connectivity index (χ2n) is 4.44. The summed E-state index contributed by atoms with van der Waals surface area (Å²) in [6.07, 6.45) is 3.12. The normalized spacial score (nSPS) is 10.1.